The van der Waals surface area contributed by atoms with Crippen molar-refractivity contribution in [2.75, 3.05) is 0 Å². The molecule has 0 aromatic carbocycles. The van der Waals surface area contributed by atoms with Gasteiger partial charge in [-0.15, -0.1) is 0 Å². The van der Waals surface area contributed by atoms with Crippen LogP contribution >= 0.6 is 23.2 Å². The number of carbonyl (C=O) groups is 2. The molecule has 3 nitrogen and oxygen atoms in total. The van der Waals surface area contributed by atoms with Crippen LogP contribution in [0.3, 0.4) is 0 Å². The second kappa shape index (κ2) is 6.92. The molecule has 1 aliphatic carbocycles. The summed E-state index contributed by atoms with van der Waals surface area (Å²) in [5.74, 6) is -0.615. The Morgan fingerprint density at radius 2 is 1.81 bits per heavy atom. The summed E-state index contributed by atoms with van der Waals surface area (Å²) in [5, 5.41) is 2.85. The van der Waals surface area contributed by atoms with Gasteiger partial charge in [-0.2, -0.15) is 0 Å². The summed E-state index contributed by atoms with van der Waals surface area (Å²) in [6.07, 6.45) is 6.41. The summed E-state index contributed by atoms with van der Waals surface area (Å²) in [7, 11) is 0. The molecule has 0 bridgehead atoms. The zero-order valence-corrected chi connectivity index (χ0v) is 10.5. The number of amides is 1. The second-order valence-electron chi connectivity index (χ2n) is 3.98. The van der Waals surface area contributed by atoms with E-state index in [0.717, 1.165) is 31.8 Å². The summed E-state index contributed by atoms with van der Waals surface area (Å²) in [4.78, 5) is 22.7. The highest BCUT2D eigenvalue weighted by molar-refractivity contribution is 6.56. The molecule has 1 amide bonds. The zero-order valence-electron chi connectivity index (χ0n) is 8.97. The van der Waals surface area contributed by atoms with Crippen molar-refractivity contribution in [1.82, 2.24) is 5.32 Å². The second-order valence-corrected chi connectivity index (χ2v) is 4.99. The van der Waals surface area contributed by atoms with Crippen molar-refractivity contribution < 1.29 is 9.59 Å². The summed E-state index contributed by atoms with van der Waals surface area (Å²) in [6.45, 7) is 0. The van der Waals surface area contributed by atoms with Gasteiger partial charge >= 0.3 is 0 Å². The minimum absolute atomic E-state index is 0.115. The van der Waals surface area contributed by atoms with Gasteiger partial charge in [-0.3, -0.25) is 9.59 Å². The van der Waals surface area contributed by atoms with Crippen molar-refractivity contribution in [3.8, 4) is 0 Å². The third-order valence-electron chi connectivity index (χ3n) is 2.58. The first-order chi connectivity index (χ1) is 7.58. The molecule has 16 heavy (non-hydrogen) atoms. The predicted octanol–water partition coefficient (Wildman–Crippen LogP) is 2.71. The van der Waals surface area contributed by atoms with E-state index >= 15 is 0 Å². The number of allylic oxidation sites excluding steroid dienone is 1. The Bertz CT molecular complexity index is 292. The molecule has 0 spiro atoms. The summed E-state index contributed by atoms with van der Waals surface area (Å²) < 4.78 is -0.115. The number of hydrogen-bond donors (Lipinski definition) is 1. The minimum atomic E-state index is -0.367. The van der Waals surface area contributed by atoms with E-state index in [-0.39, 0.29) is 28.6 Å². The van der Waals surface area contributed by atoms with Gasteiger partial charge in [0.05, 0.1) is 6.42 Å². The molecule has 1 saturated carbocycles. The fraction of sp³-hybridized carbons (Fsp3) is 0.636. The van der Waals surface area contributed by atoms with Crippen molar-refractivity contribution in [3.05, 3.63) is 10.6 Å². The van der Waals surface area contributed by atoms with Gasteiger partial charge in [-0.05, 0) is 12.8 Å². The largest absolute Gasteiger partial charge is 0.353 e. The first-order valence-corrected chi connectivity index (χ1v) is 6.18. The normalized spacial score (nSPS) is 16.6. The van der Waals surface area contributed by atoms with Crippen LogP contribution in [-0.4, -0.2) is 17.7 Å². The van der Waals surface area contributed by atoms with Crippen molar-refractivity contribution >= 4 is 34.9 Å². The zero-order chi connectivity index (χ0) is 12.0. The molecule has 5 heteroatoms. The number of halogens is 2. The molecular formula is C11H15Cl2NO2. The molecule has 1 fully saturated rings. The summed E-state index contributed by atoms with van der Waals surface area (Å²) >= 11 is 10.6. The van der Waals surface area contributed by atoms with Crippen LogP contribution in [0.15, 0.2) is 10.6 Å². The Kier molecular flexibility index (Phi) is 5.85. The van der Waals surface area contributed by atoms with E-state index in [2.05, 4.69) is 5.32 Å². The van der Waals surface area contributed by atoms with Gasteiger partial charge in [0.25, 0.3) is 0 Å². The van der Waals surface area contributed by atoms with Gasteiger partial charge < -0.3 is 5.32 Å². The maximum Gasteiger partial charge on any atom is 0.228 e. The molecule has 0 aromatic rings. The van der Waals surface area contributed by atoms with Crippen LogP contribution in [0.2, 0.25) is 0 Å². The minimum Gasteiger partial charge on any atom is -0.353 e. The van der Waals surface area contributed by atoms with E-state index in [1.807, 2.05) is 0 Å². The molecule has 1 rings (SSSR count). The molecule has 0 heterocycles. The van der Waals surface area contributed by atoms with E-state index in [1.54, 1.807) is 0 Å². The van der Waals surface area contributed by atoms with Gasteiger partial charge in [0.15, 0.2) is 5.78 Å². The van der Waals surface area contributed by atoms with Crippen LogP contribution in [0, 0.1) is 0 Å². The highest BCUT2D eigenvalue weighted by Gasteiger charge is 2.16. The summed E-state index contributed by atoms with van der Waals surface area (Å²) in [6, 6.07) is 0.226. The Labute approximate surface area is 105 Å². The number of nitrogens with one attached hydrogen (secondary N) is 1. The van der Waals surface area contributed by atoms with Crippen molar-refractivity contribution in [2.45, 2.75) is 44.6 Å². The van der Waals surface area contributed by atoms with E-state index < -0.39 is 0 Å². The third kappa shape index (κ3) is 5.52. The average molecular weight is 264 g/mol. The molecule has 0 aliphatic heterocycles. The molecular weight excluding hydrogens is 249 g/mol. The molecule has 1 aliphatic rings. The van der Waals surface area contributed by atoms with Crippen molar-refractivity contribution in [3.63, 3.8) is 0 Å². The number of ketones is 1. The van der Waals surface area contributed by atoms with Crippen molar-refractivity contribution in [1.29, 1.82) is 0 Å². The standard InChI is InChI=1S/C11H15Cl2NO2/c12-10(13)6-9(15)7-11(16)14-8-4-2-1-3-5-8/h6,8H,1-5,7H2,(H,14,16). The topological polar surface area (TPSA) is 46.2 Å². The quantitative estimate of drug-likeness (QED) is 0.626. The molecule has 1 N–H and O–H groups in total. The maximum atomic E-state index is 11.5. The van der Waals surface area contributed by atoms with Crippen LogP contribution in [0.5, 0.6) is 0 Å². The average Bonchev–Trinajstić information content (AvgIpc) is 2.17. The first-order valence-electron chi connectivity index (χ1n) is 5.43. The Hall–Kier alpha value is -0.540. The Morgan fingerprint density at radius 1 is 1.19 bits per heavy atom. The third-order valence-corrected chi connectivity index (χ3v) is 2.79. The van der Waals surface area contributed by atoms with E-state index in [4.69, 9.17) is 23.2 Å². The fourth-order valence-corrected chi connectivity index (χ4v) is 2.10. The van der Waals surface area contributed by atoms with E-state index in [1.165, 1.54) is 6.42 Å². The first kappa shape index (κ1) is 13.5. The highest BCUT2D eigenvalue weighted by Crippen LogP contribution is 2.17. The van der Waals surface area contributed by atoms with Gasteiger partial charge in [0.1, 0.15) is 4.49 Å². The van der Waals surface area contributed by atoms with Gasteiger partial charge in [0.2, 0.25) is 5.91 Å². The van der Waals surface area contributed by atoms with Crippen LogP contribution in [0.1, 0.15) is 38.5 Å². The lowest BCUT2D eigenvalue weighted by atomic mass is 9.95. The van der Waals surface area contributed by atoms with Gasteiger partial charge in [-0.25, -0.2) is 0 Å². The molecule has 0 radical (unpaired) electrons. The lowest BCUT2D eigenvalue weighted by Crippen LogP contribution is -2.36. The fourth-order valence-electron chi connectivity index (χ4n) is 1.86. The molecule has 0 aromatic heterocycles. The van der Waals surface area contributed by atoms with Crippen LogP contribution in [0.25, 0.3) is 0 Å². The van der Waals surface area contributed by atoms with E-state index in [0.29, 0.717) is 0 Å². The predicted molar refractivity (Wildman–Crippen MR) is 64.4 cm³/mol. The van der Waals surface area contributed by atoms with Gasteiger partial charge in [0, 0.05) is 12.1 Å². The summed E-state index contributed by atoms with van der Waals surface area (Å²) in [5.41, 5.74) is 0. The van der Waals surface area contributed by atoms with E-state index in [9.17, 15) is 9.59 Å². The molecule has 0 saturated heterocycles. The number of carbonyl (C=O) groups excluding carboxylic acids is 2. The smallest absolute Gasteiger partial charge is 0.228 e. The molecule has 0 atom stereocenters. The van der Waals surface area contributed by atoms with Crippen LogP contribution < -0.4 is 5.32 Å². The highest BCUT2D eigenvalue weighted by atomic mass is 35.5. The maximum absolute atomic E-state index is 11.5. The monoisotopic (exact) mass is 263 g/mol. The Morgan fingerprint density at radius 3 is 2.38 bits per heavy atom. The number of rotatable bonds is 4. The lowest BCUT2D eigenvalue weighted by Gasteiger charge is -2.22. The van der Waals surface area contributed by atoms with Crippen molar-refractivity contribution in [2.24, 2.45) is 0 Å². The van der Waals surface area contributed by atoms with Crippen LogP contribution in [0.4, 0.5) is 0 Å². The number of hydrogen-bond acceptors (Lipinski definition) is 2. The van der Waals surface area contributed by atoms with Gasteiger partial charge in [-0.1, -0.05) is 42.5 Å². The van der Waals surface area contributed by atoms with Crippen LogP contribution in [-0.2, 0) is 9.59 Å². The molecule has 0 unspecified atom stereocenters. The molecule has 90 valence electrons. The lowest BCUT2D eigenvalue weighted by molar-refractivity contribution is -0.126. The SMILES string of the molecule is O=C(C=C(Cl)Cl)CC(=O)NC1CCCCC1. The Balaban J connectivity index is 2.29.